The maximum atomic E-state index is 13.5. The van der Waals surface area contributed by atoms with Gasteiger partial charge in [-0.15, -0.1) is 0 Å². The Balaban J connectivity index is 1.48. The highest BCUT2D eigenvalue weighted by Gasteiger charge is 2.44. The van der Waals surface area contributed by atoms with E-state index in [1.807, 2.05) is 4.90 Å². The number of benzene rings is 1. The number of fused-ring (bicyclic) bond motifs is 1. The van der Waals surface area contributed by atoms with Crippen LogP contribution in [0.1, 0.15) is 18.2 Å². The lowest BCUT2D eigenvalue weighted by atomic mass is 10.1. The molecule has 192 valence electrons. The average molecular weight is 502 g/mol. The molecule has 1 aromatic carbocycles. The van der Waals surface area contributed by atoms with Crippen LogP contribution in [0.3, 0.4) is 0 Å². The first kappa shape index (κ1) is 25.6. The van der Waals surface area contributed by atoms with Crippen LogP contribution in [0.25, 0.3) is 17.2 Å². The molecule has 0 saturated carbocycles. The second-order valence-corrected chi connectivity index (χ2v) is 8.58. The van der Waals surface area contributed by atoms with Crippen molar-refractivity contribution in [3.05, 3.63) is 54.4 Å². The Kier molecular flexibility index (Phi) is 7.86. The van der Waals surface area contributed by atoms with Gasteiger partial charge < -0.3 is 31.5 Å². The first-order valence-corrected chi connectivity index (χ1v) is 11.3. The second-order valence-electron chi connectivity index (χ2n) is 8.58. The Hall–Kier alpha value is -3.49. The molecule has 0 amide bonds. The number of hydrogen-bond acceptors (Lipinski definition) is 10. The summed E-state index contributed by atoms with van der Waals surface area (Å²) < 4.78 is 20.9. The van der Waals surface area contributed by atoms with Crippen molar-refractivity contribution >= 4 is 29.0 Å². The maximum absolute atomic E-state index is 13.5. The van der Waals surface area contributed by atoms with Crippen molar-refractivity contribution in [3.8, 4) is 0 Å². The molecule has 1 saturated heterocycles. The number of rotatable bonds is 10. The number of nitrogen functional groups attached to an aromatic ring is 1. The van der Waals surface area contributed by atoms with Crippen molar-refractivity contribution in [2.24, 2.45) is 5.73 Å². The largest absolute Gasteiger partial charge is 0.480 e. The fraction of sp³-hybridized carbons (Fsp3) is 0.391. The van der Waals surface area contributed by atoms with Crippen LogP contribution in [0.4, 0.5) is 10.2 Å². The van der Waals surface area contributed by atoms with Gasteiger partial charge >= 0.3 is 5.97 Å². The summed E-state index contributed by atoms with van der Waals surface area (Å²) in [4.78, 5) is 25.2. The van der Waals surface area contributed by atoms with E-state index in [2.05, 4.69) is 15.0 Å². The van der Waals surface area contributed by atoms with Crippen LogP contribution in [0.2, 0.25) is 0 Å². The number of aliphatic carboxylic acids is 1. The molecular weight excluding hydrogens is 473 g/mol. The molecule has 2 aromatic heterocycles. The first-order chi connectivity index (χ1) is 17.2. The molecule has 13 heteroatoms. The zero-order chi connectivity index (χ0) is 25.8. The number of nitrogens with zero attached hydrogens (tertiary/aromatic N) is 5. The van der Waals surface area contributed by atoms with Crippen LogP contribution < -0.4 is 11.5 Å². The van der Waals surface area contributed by atoms with Gasteiger partial charge in [-0.2, -0.15) is 0 Å². The van der Waals surface area contributed by atoms with E-state index < -0.39 is 36.6 Å². The minimum absolute atomic E-state index is 0.153. The highest BCUT2D eigenvalue weighted by Crippen LogP contribution is 2.32. The number of ether oxygens (including phenoxy) is 1. The predicted molar refractivity (Wildman–Crippen MR) is 128 cm³/mol. The normalized spacial score (nSPS) is 23.1. The van der Waals surface area contributed by atoms with Gasteiger partial charge in [-0.1, -0.05) is 24.3 Å². The average Bonchev–Trinajstić information content (AvgIpc) is 3.39. The zero-order valence-electron chi connectivity index (χ0n) is 19.3. The third kappa shape index (κ3) is 5.66. The van der Waals surface area contributed by atoms with E-state index in [9.17, 15) is 19.4 Å². The number of aliphatic hydroxyl groups is 2. The third-order valence-electron chi connectivity index (χ3n) is 6.03. The summed E-state index contributed by atoms with van der Waals surface area (Å²) in [6, 6.07) is 5.02. The minimum atomic E-state index is -1.28. The Morgan fingerprint density at radius 1 is 1.28 bits per heavy atom. The van der Waals surface area contributed by atoms with Crippen molar-refractivity contribution in [1.82, 2.24) is 24.4 Å². The Morgan fingerprint density at radius 2 is 2.08 bits per heavy atom. The number of hydrogen-bond donors (Lipinski definition) is 5. The van der Waals surface area contributed by atoms with Gasteiger partial charge in [0.2, 0.25) is 0 Å². The number of nitrogens with two attached hydrogens (primary N) is 2. The SMILES string of the molecule is Nc1ncnc2c1ncn2[C@@H]1O[C@H](CN(C/C=C/c2cccc(F)c2)CC[C@H](N)C(=O)O)[C@@H](O)[C@H]1O. The summed E-state index contributed by atoms with van der Waals surface area (Å²) in [5.41, 5.74) is 12.9. The smallest absolute Gasteiger partial charge is 0.320 e. The quantitative estimate of drug-likeness (QED) is 0.251. The molecule has 0 spiro atoms. The Bertz CT molecular complexity index is 1240. The van der Waals surface area contributed by atoms with Crippen molar-refractivity contribution in [3.63, 3.8) is 0 Å². The summed E-state index contributed by atoms with van der Waals surface area (Å²) in [6.45, 7) is 0.790. The number of imidazole rings is 1. The molecule has 1 fully saturated rings. The van der Waals surface area contributed by atoms with Crippen LogP contribution in [0.15, 0.2) is 43.0 Å². The topological polar surface area (TPSA) is 186 Å². The van der Waals surface area contributed by atoms with E-state index in [-0.39, 0.29) is 31.1 Å². The molecule has 3 heterocycles. The number of aromatic nitrogens is 4. The van der Waals surface area contributed by atoms with Crippen molar-refractivity contribution in [2.75, 3.05) is 25.4 Å². The summed E-state index contributed by atoms with van der Waals surface area (Å²) in [5, 5.41) is 30.6. The van der Waals surface area contributed by atoms with E-state index in [4.69, 9.17) is 21.3 Å². The van der Waals surface area contributed by atoms with Crippen molar-refractivity contribution in [1.29, 1.82) is 0 Å². The number of aliphatic hydroxyl groups excluding tert-OH is 2. The fourth-order valence-electron chi connectivity index (χ4n) is 4.07. The molecule has 0 aliphatic carbocycles. The number of carboxylic acid groups (broad SMARTS) is 1. The number of anilines is 1. The number of carbonyl (C=O) groups is 1. The van der Waals surface area contributed by atoms with Gasteiger partial charge in [0.05, 0.1) is 6.33 Å². The van der Waals surface area contributed by atoms with Crippen LogP contribution in [0, 0.1) is 5.82 Å². The molecule has 1 aliphatic rings. The zero-order valence-corrected chi connectivity index (χ0v) is 19.3. The molecule has 0 radical (unpaired) electrons. The second kappa shape index (κ2) is 11.1. The van der Waals surface area contributed by atoms with Gasteiger partial charge in [0, 0.05) is 19.6 Å². The molecule has 3 aromatic rings. The summed E-state index contributed by atoms with van der Waals surface area (Å²) >= 11 is 0. The van der Waals surface area contributed by atoms with Crippen LogP contribution in [-0.4, -0.2) is 89.7 Å². The molecule has 1 aliphatic heterocycles. The van der Waals surface area contributed by atoms with Crippen molar-refractivity contribution in [2.45, 2.75) is 37.0 Å². The molecule has 5 atom stereocenters. The lowest BCUT2D eigenvalue weighted by Gasteiger charge is -2.26. The predicted octanol–water partition coefficient (Wildman–Crippen LogP) is -0.0158. The maximum Gasteiger partial charge on any atom is 0.320 e. The minimum Gasteiger partial charge on any atom is -0.480 e. The fourth-order valence-corrected chi connectivity index (χ4v) is 4.07. The first-order valence-electron chi connectivity index (χ1n) is 11.3. The van der Waals surface area contributed by atoms with E-state index in [1.54, 1.807) is 24.3 Å². The lowest BCUT2D eigenvalue weighted by Crippen LogP contribution is -2.42. The Morgan fingerprint density at radius 3 is 2.83 bits per heavy atom. The third-order valence-corrected chi connectivity index (χ3v) is 6.03. The van der Waals surface area contributed by atoms with E-state index in [0.29, 0.717) is 23.3 Å². The summed E-state index contributed by atoms with van der Waals surface area (Å²) in [7, 11) is 0. The van der Waals surface area contributed by atoms with Crippen LogP contribution >= 0.6 is 0 Å². The van der Waals surface area contributed by atoms with E-state index >= 15 is 0 Å². The molecule has 4 rings (SSSR count). The summed E-state index contributed by atoms with van der Waals surface area (Å²) in [5.74, 6) is -1.30. The molecule has 12 nitrogen and oxygen atoms in total. The monoisotopic (exact) mass is 501 g/mol. The van der Waals surface area contributed by atoms with Gasteiger partial charge in [0.1, 0.15) is 42.0 Å². The van der Waals surface area contributed by atoms with E-state index in [0.717, 1.165) is 0 Å². The van der Waals surface area contributed by atoms with E-state index in [1.165, 1.54) is 29.4 Å². The van der Waals surface area contributed by atoms with Gasteiger partial charge in [0.25, 0.3) is 0 Å². The standard InChI is InChI=1S/C23H28FN7O5/c24-14-5-1-3-13(9-14)4-2-7-30(8-6-15(25)23(34)35)10-16-18(32)19(33)22(36-16)31-12-29-17-20(26)27-11-28-21(17)31/h1-5,9,11-12,15-16,18-19,22,32-33H,6-8,10,25H2,(H,34,35)(H2,26,27,28)/b4-2+/t15-,16+,18+,19+,22+/m0/s1. The highest BCUT2D eigenvalue weighted by molar-refractivity contribution is 5.81. The summed E-state index contributed by atoms with van der Waals surface area (Å²) in [6.07, 6.45) is 2.04. The molecule has 0 bridgehead atoms. The molecule has 0 unspecified atom stereocenters. The highest BCUT2D eigenvalue weighted by atomic mass is 19.1. The van der Waals surface area contributed by atoms with Crippen LogP contribution in [0.5, 0.6) is 0 Å². The molecule has 7 N–H and O–H groups in total. The van der Waals surface area contributed by atoms with Crippen molar-refractivity contribution < 1.29 is 29.2 Å². The van der Waals surface area contributed by atoms with Gasteiger partial charge in [-0.25, -0.2) is 19.3 Å². The van der Waals surface area contributed by atoms with Gasteiger partial charge in [-0.3, -0.25) is 14.3 Å². The lowest BCUT2D eigenvalue weighted by molar-refractivity contribution is -0.138. The van der Waals surface area contributed by atoms with Gasteiger partial charge in [-0.05, 0) is 24.1 Å². The van der Waals surface area contributed by atoms with Gasteiger partial charge in [0.15, 0.2) is 17.7 Å². The molecular formula is C23H28FN7O5. The number of carboxylic acids is 1. The number of halogens is 1. The van der Waals surface area contributed by atoms with Crippen LogP contribution in [-0.2, 0) is 9.53 Å². The Labute approximate surface area is 205 Å². The molecule has 36 heavy (non-hydrogen) atoms.